The van der Waals surface area contributed by atoms with E-state index in [4.69, 9.17) is 16.3 Å². The molecule has 20 heavy (non-hydrogen) atoms. The normalized spacial score (nSPS) is 14.5. The van der Waals surface area contributed by atoms with Crippen LogP contribution < -0.4 is 9.64 Å². The first kappa shape index (κ1) is 13.0. The second-order valence-corrected chi connectivity index (χ2v) is 5.29. The molecular weight excluding hydrogens is 274 g/mol. The summed E-state index contributed by atoms with van der Waals surface area (Å²) in [6.07, 6.45) is 0. The van der Waals surface area contributed by atoms with Crippen LogP contribution >= 0.6 is 11.6 Å². The zero-order valence-corrected chi connectivity index (χ0v) is 11.9. The molecule has 0 saturated carbocycles. The van der Waals surface area contributed by atoms with Crippen LogP contribution in [0.15, 0.2) is 42.5 Å². The van der Waals surface area contributed by atoms with E-state index < -0.39 is 0 Å². The molecule has 0 saturated heterocycles. The predicted octanol–water partition coefficient (Wildman–Crippen LogP) is 3.57. The number of carbonyl (C=O) groups excluding carboxylic acids is 1. The predicted molar refractivity (Wildman–Crippen MR) is 79.3 cm³/mol. The standard InChI is InChI=1S/C16H14ClNO2/c1-11-2-5-14(6-3-11)18-9-12-8-13(17)4-7-15(12)20-10-16(18)19/h2-8H,9-10H2,1H3. The van der Waals surface area contributed by atoms with Gasteiger partial charge in [0.25, 0.3) is 5.91 Å². The molecule has 1 aliphatic heterocycles. The molecule has 3 nitrogen and oxygen atoms in total. The molecular formula is C16H14ClNO2. The highest BCUT2D eigenvalue weighted by Crippen LogP contribution is 2.29. The fourth-order valence-corrected chi connectivity index (χ4v) is 2.44. The second-order valence-electron chi connectivity index (χ2n) is 4.86. The number of rotatable bonds is 1. The largest absolute Gasteiger partial charge is 0.483 e. The Kier molecular flexibility index (Phi) is 3.36. The Balaban J connectivity index is 1.98. The van der Waals surface area contributed by atoms with Gasteiger partial charge in [-0.2, -0.15) is 0 Å². The minimum Gasteiger partial charge on any atom is -0.483 e. The molecule has 0 radical (unpaired) electrons. The van der Waals surface area contributed by atoms with Gasteiger partial charge in [-0.1, -0.05) is 29.3 Å². The number of aryl methyl sites for hydroxylation is 1. The molecule has 0 unspecified atom stereocenters. The molecule has 0 N–H and O–H groups in total. The molecule has 1 aliphatic rings. The number of ether oxygens (including phenoxy) is 1. The minimum absolute atomic E-state index is 0.0442. The molecule has 0 fully saturated rings. The van der Waals surface area contributed by atoms with Crippen LogP contribution in [0.2, 0.25) is 5.02 Å². The fourth-order valence-electron chi connectivity index (χ4n) is 2.25. The van der Waals surface area contributed by atoms with Gasteiger partial charge in [-0.25, -0.2) is 0 Å². The quantitative estimate of drug-likeness (QED) is 0.802. The Hall–Kier alpha value is -2.00. The first-order valence-electron chi connectivity index (χ1n) is 6.42. The number of hydrogen-bond acceptors (Lipinski definition) is 2. The zero-order chi connectivity index (χ0) is 14.1. The van der Waals surface area contributed by atoms with E-state index >= 15 is 0 Å². The third kappa shape index (κ3) is 2.49. The van der Waals surface area contributed by atoms with Gasteiger partial charge in [-0.3, -0.25) is 4.79 Å². The third-order valence-corrected chi connectivity index (χ3v) is 3.58. The average molecular weight is 288 g/mol. The lowest BCUT2D eigenvalue weighted by molar-refractivity contribution is -0.120. The van der Waals surface area contributed by atoms with E-state index in [1.165, 1.54) is 0 Å². The van der Waals surface area contributed by atoms with Crippen molar-refractivity contribution in [2.75, 3.05) is 11.5 Å². The lowest BCUT2D eigenvalue weighted by Gasteiger charge is -2.20. The fraction of sp³-hybridized carbons (Fsp3) is 0.188. The Morgan fingerprint density at radius 1 is 1.15 bits per heavy atom. The number of halogens is 1. The molecule has 2 aromatic rings. The molecule has 1 heterocycles. The number of carbonyl (C=O) groups is 1. The maximum absolute atomic E-state index is 12.2. The van der Waals surface area contributed by atoms with Crippen LogP contribution in [-0.4, -0.2) is 12.5 Å². The number of benzene rings is 2. The average Bonchev–Trinajstić information content (AvgIpc) is 2.59. The van der Waals surface area contributed by atoms with E-state index in [1.54, 1.807) is 11.0 Å². The van der Waals surface area contributed by atoms with Crippen LogP contribution in [0.1, 0.15) is 11.1 Å². The van der Waals surface area contributed by atoms with Crippen molar-refractivity contribution in [2.45, 2.75) is 13.5 Å². The van der Waals surface area contributed by atoms with Gasteiger partial charge in [-0.05, 0) is 37.3 Å². The summed E-state index contributed by atoms with van der Waals surface area (Å²) < 4.78 is 5.54. The Labute approximate surface area is 122 Å². The summed E-state index contributed by atoms with van der Waals surface area (Å²) in [6, 6.07) is 13.3. The minimum atomic E-state index is -0.0545. The van der Waals surface area contributed by atoms with Crippen LogP contribution in [0, 0.1) is 6.92 Å². The van der Waals surface area contributed by atoms with Gasteiger partial charge in [0.2, 0.25) is 0 Å². The topological polar surface area (TPSA) is 29.5 Å². The summed E-state index contributed by atoms with van der Waals surface area (Å²) in [5, 5.41) is 0.644. The van der Waals surface area contributed by atoms with Gasteiger partial charge in [0.1, 0.15) is 5.75 Å². The highest BCUT2D eigenvalue weighted by Gasteiger charge is 2.22. The van der Waals surface area contributed by atoms with E-state index in [2.05, 4.69) is 0 Å². The summed E-state index contributed by atoms with van der Waals surface area (Å²) in [7, 11) is 0. The van der Waals surface area contributed by atoms with Crippen LogP contribution in [0.3, 0.4) is 0 Å². The van der Waals surface area contributed by atoms with E-state index in [0.29, 0.717) is 11.6 Å². The smallest absolute Gasteiger partial charge is 0.265 e. The number of amides is 1. The number of nitrogens with zero attached hydrogens (tertiary/aromatic N) is 1. The van der Waals surface area contributed by atoms with Crippen molar-refractivity contribution in [1.82, 2.24) is 0 Å². The monoisotopic (exact) mass is 287 g/mol. The Bertz CT molecular complexity index is 652. The molecule has 2 aromatic carbocycles. The Morgan fingerprint density at radius 3 is 2.65 bits per heavy atom. The summed E-state index contributed by atoms with van der Waals surface area (Å²) in [5.74, 6) is 0.665. The zero-order valence-electron chi connectivity index (χ0n) is 11.1. The van der Waals surface area contributed by atoms with E-state index in [1.807, 2.05) is 43.3 Å². The van der Waals surface area contributed by atoms with Crippen molar-refractivity contribution in [1.29, 1.82) is 0 Å². The molecule has 0 atom stereocenters. The summed E-state index contributed by atoms with van der Waals surface area (Å²) >= 11 is 6.02. The van der Waals surface area contributed by atoms with E-state index in [9.17, 15) is 4.79 Å². The van der Waals surface area contributed by atoms with Crippen molar-refractivity contribution in [3.05, 3.63) is 58.6 Å². The number of hydrogen-bond donors (Lipinski definition) is 0. The van der Waals surface area contributed by atoms with Crippen LogP contribution in [0.5, 0.6) is 5.75 Å². The van der Waals surface area contributed by atoms with Crippen molar-refractivity contribution in [2.24, 2.45) is 0 Å². The van der Waals surface area contributed by atoms with Gasteiger partial charge in [0.05, 0.1) is 6.54 Å². The highest BCUT2D eigenvalue weighted by atomic mass is 35.5. The van der Waals surface area contributed by atoms with Crippen molar-refractivity contribution < 1.29 is 9.53 Å². The first-order chi connectivity index (χ1) is 9.63. The van der Waals surface area contributed by atoms with Crippen LogP contribution in [0.25, 0.3) is 0 Å². The Morgan fingerprint density at radius 2 is 1.90 bits per heavy atom. The lowest BCUT2D eigenvalue weighted by Crippen LogP contribution is -2.32. The van der Waals surface area contributed by atoms with Crippen LogP contribution in [0.4, 0.5) is 5.69 Å². The lowest BCUT2D eigenvalue weighted by atomic mass is 10.1. The SMILES string of the molecule is Cc1ccc(N2Cc3cc(Cl)ccc3OCC2=O)cc1. The van der Waals surface area contributed by atoms with Crippen LogP contribution in [-0.2, 0) is 11.3 Å². The molecule has 0 aliphatic carbocycles. The van der Waals surface area contributed by atoms with Crippen molar-refractivity contribution in [3.8, 4) is 5.75 Å². The maximum Gasteiger partial charge on any atom is 0.265 e. The maximum atomic E-state index is 12.2. The van der Waals surface area contributed by atoms with Gasteiger partial charge in [0, 0.05) is 16.3 Å². The molecule has 0 aromatic heterocycles. The van der Waals surface area contributed by atoms with Crippen molar-refractivity contribution >= 4 is 23.2 Å². The summed E-state index contributed by atoms with van der Waals surface area (Å²) in [5.41, 5.74) is 2.96. The first-order valence-corrected chi connectivity index (χ1v) is 6.79. The molecule has 4 heteroatoms. The van der Waals surface area contributed by atoms with E-state index in [0.717, 1.165) is 22.6 Å². The third-order valence-electron chi connectivity index (χ3n) is 3.35. The number of fused-ring (bicyclic) bond motifs is 1. The highest BCUT2D eigenvalue weighted by molar-refractivity contribution is 6.30. The van der Waals surface area contributed by atoms with Gasteiger partial charge >= 0.3 is 0 Å². The molecule has 102 valence electrons. The van der Waals surface area contributed by atoms with Gasteiger partial charge < -0.3 is 9.64 Å². The molecule has 0 bridgehead atoms. The van der Waals surface area contributed by atoms with Gasteiger partial charge in [-0.15, -0.1) is 0 Å². The number of anilines is 1. The summed E-state index contributed by atoms with van der Waals surface area (Å²) in [4.78, 5) is 13.9. The molecule has 3 rings (SSSR count). The molecule has 1 amide bonds. The summed E-state index contributed by atoms with van der Waals surface area (Å²) in [6.45, 7) is 2.53. The van der Waals surface area contributed by atoms with E-state index in [-0.39, 0.29) is 12.5 Å². The molecule has 0 spiro atoms. The van der Waals surface area contributed by atoms with Gasteiger partial charge in [0.15, 0.2) is 6.61 Å². The second kappa shape index (κ2) is 5.17. The van der Waals surface area contributed by atoms with Crippen molar-refractivity contribution in [3.63, 3.8) is 0 Å².